The molecule has 0 saturated heterocycles. The van der Waals surface area contributed by atoms with E-state index < -0.39 is 29.3 Å². The van der Waals surface area contributed by atoms with Gasteiger partial charge in [0.05, 0.1) is 5.92 Å². The third kappa shape index (κ3) is 3.17. The lowest BCUT2D eigenvalue weighted by Crippen LogP contribution is -2.15. The first-order valence-electron chi connectivity index (χ1n) is 5.89. The molecule has 0 aliphatic carbocycles. The monoisotopic (exact) mass is 280 g/mol. The Balaban J connectivity index is 2.30. The Labute approximate surface area is 113 Å². The number of carbonyl (C=O) groups is 1. The van der Waals surface area contributed by atoms with Gasteiger partial charge in [-0.2, -0.15) is 0 Å². The van der Waals surface area contributed by atoms with Crippen molar-refractivity contribution >= 4 is 5.97 Å². The van der Waals surface area contributed by atoms with Crippen LogP contribution in [-0.4, -0.2) is 11.1 Å². The SMILES string of the molecule is O=C(O)C(Cc1ccc(F)cc1F)c1ccc(F)cc1. The van der Waals surface area contributed by atoms with Gasteiger partial charge in [-0.3, -0.25) is 4.79 Å². The quantitative estimate of drug-likeness (QED) is 0.930. The lowest BCUT2D eigenvalue weighted by atomic mass is 9.92. The fraction of sp³-hybridized carbons (Fsp3) is 0.133. The molecule has 0 aliphatic rings. The summed E-state index contributed by atoms with van der Waals surface area (Å²) in [5.41, 5.74) is 0.464. The summed E-state index contributed by atoms with van der Waals surface area (Å²) in [6.45, 7) is 0. The Hall–Kier alpha value is -2.30. The van der Waals surface area contributed by atoms with Crippen LogP contribution in [0.5, 0.6) is 0 Å². The number of hydrogen-bond acceptors (Lipinski definition) is 1. The number of carboxylic acids is 1. The summed E-state index contributed by atoms with van der Waals surface area (Å²) in [6, 6.07) is 7.97. The first kappa shape index (κ1) is 14.1. The van der Waals surface area contributed by atoms with Crippen molar-refractivity contribution < 1.29 is 23.1 Å². The predicted molar refractivity (Wildman–Crippen MR) is 66.8 cm³/mol. The average molecular weight is 280 g/mol. The number of rotatable bonds is 4. The van der Waals surface area contributed by atoms with Gasteiger partial charge >= 0.3 is 5.97 Å². The summed E-state index contributed by atoms with van der Waals surface area (Å²) in [4.78, 5) is 11.3. The maximum atomic E-state index is 13.6. The normalized spacial score (nSPS) is 12.2. The van der Waals surface area contributed by atoms with E-state index in [0.29, 0.717) is 11.6 Å². The van der Waals surface area contributed by atoms with E-state index in [1.165, 1.54) is 18.2 Å². The summed E-state index contributed by atoms with van der Waals surface area (Å²) in [6.07, 6.45) is -0.132. The average Bonchev–Trinajstić information content (AvgIpc) is 2.39. The second-order valence-corrected chi connectivity index (χ2v) is 4.38. The first-order valence-corrected chi connectivity index (χ1v) is 5.89. The zero-order chi connectivity index (χ0) is 14.7. The minimum absolute atomic E-state index is 0.100. The van der Waals surface area contributed by atoms with Crippen molar-refractivity contribution in [1.82, 2.24) is 0 Å². The lowest BCUT2D eigenvalue weighted by Gasteiger charge is -2.13. The highest BCUT2D eigenvalue weighted by atomic mass is 19.1. The fourth-order valence-electron chi connectivity index (χ4n) is 1.95. The Morgan fingerprint density at radius 2 is 1.60 bits per heavy atom. The van der Waals surface area contributed by atoms with Crippen molar-refractivity contribution in [2.24, 2.45) is 0 Å². The van der Waals surface area contributed by atoms with Crippen LogP contribution in [0.15, 0.2) is 42.5 Å². The third-order valence-corrected chi connectivity index (χ3v) is 3.01. The van der Waals surface area contributed by atoms with Gasteiger partial charge in [0.1, 0.15) is 17.5 Å². The summed E-state index contributed by atoms with van der Waals surface area (Å²) in [5, 5.41) is 9.21. The molecule has 0 aliphatic heterocycles. The molecule has 0 bridgehead atoms. The van der Waals surface area contributed by atoms with E-state index >= 15 is 0 Å². The first-order chi connectivity index (χ1) is 9.47. The van der Waals surface area contributed by atoms with Crippen LogP contribution in [0.4, 0.5) is 13.2 Å². The summed E-state index contributed by atoms with van der Waals surface area (Å²) in [5.74, 6) is -4.17. The Morgan fingerprint density at radius 3 is 2.15 bits per heavy atom. The van der Waals surface area contributed by atoms with Crippen LogP contribution in [0, 0.1) is 17.5 Å². The zero-order valence-corrected chi connectivity index (χ0v) is 10.3. The third-order valence-electron chi connectivity index (χ3n) is 3.01. The van der Waals surface area contributed by atoms with Crippen molar-refractivity contribution in [2.75, 3.05) is 0 Å². The number of aliphatic carboxylic acids is 1. The molecule has 1 unspecified atom stereocenters. The highest BCUT2D eigenvalue weighted by Gasteiger charge is 2.22. The standard InChI is InChI=1S/C15H11F3O2/c16-11-4-1-9(2-5-11)13(15(19)20)7-10-3-6-12(17)8-14(10)18/h1-6,8,13H,7H2,(H,19,20). The van der Waals surface area contributed by atoms with Crippen molar-refractivity contribution in [3.63, 3.8) is 0 Å². The molecule has 0 spiro atoms. The Morgan fingerprint density at radius 1 is 1.00 bits per heavy atom. The number of hydrogen-bond donors (Lipinski definition) is 1. The maximum Gasteiger partial charge on any atom is 0.311 e. The van der Waals surface area contributed by atoms with Crippen LogP contribution >= 0.6 is 0 Å². The van der Waals surface area contributed by atoms with Crippen LogP contribution in [0.3, 0.4) is 0 Å². The van der Waals surface area contributed by atoms with E-state index in [2.05, 4.69) is 0 Å². The molecule has 1 atom stereocenters. The van der Waals surface area contributed by atoms with E-state index in [1.807, 2.05) is 0 Å². The molecule has 0 fully saturated rings. The van der Waals surface area contributed by atoms with Crippen LogP contribution < -0.4 is 0 Å². The van der Waals surface area contributed by atoms with Gasteiger partial charge in [0.2, 0.25) is 0 Å². The lowest BCUT2D eigenvalue weighted by molar-refractivity contribution is -0.138. The van der Waals surface area contributed by atoms with E-state index in [0.717, 1.165) is 18.2 Å². The smallest absolute Gasteiger partial charge is 0.311 e. The van der Waals surface area contributed by atoms with Gasteiger partial charge in [0.25, 0.3) is 0 Å². The molecule has 0 aromatic heterocycles. The number of benzene rings is 2. The highest BCUT2D eigenvalue weighted by molar-refractivity contribution is 5.76. The van der Waals surface area contributed by atoms with Crippen molar-refractivity contribution in [1.29, 1.82) is 0 Å². The molecule has 1 N–H and O–H groups in total. The molecular formula is C15H11F3O2. The highest BCUT2D eigenvalue weighted by Crippen LogP contribution is 2.23. The van der Waals surface area contributed by atoms with Crippen molar-refractivity contribution in [2.45, 2.75) is 12.3 Å². The number of halogens is 3. The second-order valence-electron chi connectivity index (χ2n) is 4.38. The molecule has 5 heteroatoms. The van der Waals surface area contributed by atoms with Gasteiger partial charge in [-0.1, -0.05) is 18.2 Å². The molecule has 2 rings (SSSR count). The predicted octanol–water partition coefficient (Wildman–Crippen LogP) is 3.51. The van der Waals surface area contributed by atoms with Gasteiger partial charge in [-0.05, 0) is 35.7 Å². The summed E-state index contributed by atoms with van der Waals surface area (Å²) >= 11 is 0. The van der Waals surface area contributed by atoms with Gasteiger partial charge in [0, 0.05) is 6.07 Å². The molecule has 0 radical (unpaired) electrons. The fourth-order valence-corrected chi connectivity index (χ4v) is 1.95. The molecular weight excluding hydrogens is 269 g/mol. The maximum absolute atomic E-state index is 13.6. The molecule has 2 aromatic rings. The number of carboxylic acid groups (broad SMARTS) is 1. The minimum Gasteiger partial charge on any atom is -0.481 e. The molecule has 0 heterocycles. The molecule has 104 valence electrons. The topological polar surface area (TPSA) is 37.3 Å². The van der Waals surface area contributed by atoms with Gasteiger partial charge in [-0.25, -0.2) is 13.2 Å². The molecule has 0 amide bonds. The van der Waals surface area contributed by atoms with E-state index in [9.17, 15) is 23.1 Å². The van der Waals surface area contributed by atoms with E-state index in [1.54, 1.807) is 0 Å². The Kier molecular flexibility index (Phi) is 4.08. The van der Waals surface area contributed by atoms with Crippen LogP contribution in [0.1, 0.15) is 17.0 Å². The van der Waals surface area contributed by atoms with Gasteiger partial charge < -0.3 is 5.11 Å². The second kappa shape index (κ2) is 5.77. The van der Waals surface area contributed by atoms with Crippen molar-refractivity contribution in [3.05, 3.63) is 71.0 Å². The van der Waals surface area contributed by atoms with Crippen LogP contribution in [0.2, 0.25) is 0 Å². The minimum atomic E-state index is -1.15. The van der Waals surface area contributed by atoms with Crippen LogP contribution in [-0.2, 0) is 11.2 Å². The van der Waals surface area contributed by atoms with Crippen molar-refractivity contribution in [3.8, 4) is 0 Å². The van der Waals surface area contributed by atoms with Gasteiger partial charge in [-0.15, -0.1) is 0 Å². The summed E-state index contributed by atoms with van der Waals surface area (Å²) < 4.78 is 39.2. The molecule has 0 saturated carbocycles. The van der Waals surface area contributed by atoms with E-state index in [-0.39, 0.29) is 12.0 Å². The van der Waals surface area contributed by atoms with Crippen LogP contribution in [0.25, 0.3) is 0 Å². The zero-order valence-electron chi connectivity index (χ0n) is 10.3. The molecule has 2 nitrogen and oxygen atoms in total. The molecule has 2 aromatic carbocycles. The Bertz CT molecular complexity index is 624. The summed E-state index contributed by atoms with van der Waals surface area (Å²) in [7, 11) is 0. The van der Waals surface area contributed by atoms with E-state index in [4.69, 9.17) is 0 Å². The molecule has 20 heavy (non-hydrogen) atoms. The van der Waals surface area contributed by atoms with Gasteiger partial charge in [0.15, 0.2) is 0 Å². The largest absolute Gasteiger partial charge is 0.481 e.